The summed E-state index contributed by atoms with van der Waals surface area (Å²) in [6.07, 6.45) is 1.11. The van der Waals surface area contributed by atoms with Gasteiger partial charge in [0.05, 0.1) is 11.1 Å². The van der Waals surface area contributed by atoms with E-state index < -0.39 is 6.10 Å². The Morgan fingerprint density at radius 1 is 1.29 bits per heavy atom. The lowest BCUT2D eigenvalue weighted by molar-refractivity contribution is 0.0449. The highest BCUT2D eigenvalue weighted by molar-refractivity contribution is 6.33. The molecule has 0 bridgehead atoms. The van der Waals surface area contributed by atoms with Crippen LogP contribution in [0.15, 0.2) is 40.8 Å². The van der Waals surface area contributed by atoms with E-state index in [-0.39, 0.29) is 11.7 Å². The number of halogens is 1. The van der Waals surface area contributed by atoms with Gasteiger partial charge in [-0.25, -0.2) is 0 Å². The number of aliphatic hydroxyl groups excluding tert-OH is 1. The molecule has 1 N–H and O–H groups in total. The molecule has 5 heteroatoms. The molecular weight excluding hydrogens is 290 g/mol. The Balaban J connectivity index is 1.82. The van der Waals surface area contributed by atoms with E-state index in [4.69, 9.17) is 16.0 Å². The van der Waals surface area contributed by atoms with E-state index in [0.717, 1.165) is 18.4 Å². The van der Waals surface area contributed by atoms with Crippen molar-refractivity contribution in [2.45, 2.75) is 18.9 Å². The van der Waals surface area contributed by atoms with Gasteiger partial charge < -0.3 is 14.4 Å². The van der Waals surface area contributed by atoms with Gasteiger partial charge in [-0.05, 0) is 37.1 Å². The number of β-amino-alcohol motifs (C(OH)–C–C–N with tert-alkyl or cyclic N) is 1. The Morgan fingerprint density at radius 2 is 2.10 bits per heavy atom. The van der Waals surface area contributed by atoms with Crippen molar-refractivity contribution in [3.05, 3.63) is 47.2 Å². The first kappa shape index (κ1) is 14.2. The molecule has 1 aromatic heterocycles. The number of likely N-dealkylation sites (tertiary alicyclic amines) is 1. The van der Waals surface area contributed by atoms with Crippen molar-refractivity contribution < 1.29 is 14.3 Å². The number of furan rings is 1. The van der Waals surface area contributed by atoms with Crippen LogP contribution in [0.4, 0.5) is 0 Å². The molecular formula is C16H16ClNO3. The first-order valence-corrected chi connectivity index (χ1v) is 7.35. The third kappa shape index (κ3) is 2.96. The Hall–Kier alpha value is -1.78. The summed E-state index contributed by atoms with van der Waals surface area (Å²) >= 11 is 6.13. The highest BCUT2D eigenvalue weighted by atomic mass is 35.5. The zero-order valence-electron chi connectivity index (χ0n) is 11.5. The number of nitrogens with zero attached hydrogens (tertiary/aromatic N) is 1. The zero-order valence-corrected chi connectivity index (χ0v) is 12.2. The number of amides is 1. The van der Waals surface area contributed by atoms with Gasteiger partial charge in [-0.3, -0.25) is 4.79 Å². The van der Waals surface area contributed by atoms with E-state index in [0.29, 0.717) is 23.9 Å². The maximum absolute atomic E-state index is 12.4. The van der Waals surface area contributed by atoms with Gasteiger partial charge in [0, 0.05) is 18.7 Å². The number of benzene rings is 1. The molecule has 1 aromatic carbocycles. The smallest absolute Gasteiger partial charge is 0.289 e. The minimum Gasteiger partial charge on any atom is -0.451 e. The lowest BCUT2D eigenvalue weighted by Crippen LogP contribution is -2.42. The Labute approximate surface area is 127 Å². The molecule has 2 aromatic rings. The van der Waals surface area contributed by atoms with E-state index in [1.165, 1.54) is 0 Å². The second-order valence-electron chi connectivity index (χ2n) is 5.19. The van der Waals surface area contributed by atoms with Crippen LogP contribution in [-0.4, -0.2) is 35.1 Å². The average Bonchev–Trinajstić information content (AvgIpc) is 2.96. The van der Waals surface area contributed by atoms with Crippen molar-refractivity contribution in [3.8, 4) is 11.3 Å². The number of aliphatic hydroxyl groups is 1. The molecule has 2 heterocycles. The van der Waals surface area contributed by atoms with Crippen molar-refractivity contribution in [1.82, 2.24) is 4.90 Å². The fourth-order valence-corrected chi connectivity index (χ4v) is 2.78. The quantitative estimate of drug-likeness (QED) is 0.927. The summed E-state index contributed by atoms with van der Waals surface area (Å²) in [5, 5.41) is 10.2. The Kier molecular flexibility index (Phi) is 3.99. The molecule has 21 heavy (non-hydrogen) atoms. The Bertz CT molecular complexity index is 652. The van der Waals surface area contributed by atoms with Crippen LogP contribution in [-0.2, 0) is 0 Å². The number of carbonyl (C=O) groups excluding carboxylic acids is 1. The van der Waals surface area contributed by atoms with Gasteiger partial charge in [0.1, 0.15) is 5.76 Å². The van der Waals surface area contributed by atoms with Gasteiger partial charge in [-0.2, -0.15) is 0 Å². The SMILES string of the molecule is O=C(c1ccc(-c2ccccc2Cl)o1)N1CCCC(O)C1. The average molecular weight is 306 g/mol. The molecule has 3 rings (SSSR count). The van der Waals surface area contributed by atoms with Gasteiger partial charge in [0.2, 0.25) is 0 Å². The number of piperidine rings is 1. The molecule has 110 valence electrons. The summed E-state index contributed by atoms with van der Waals surface area (Å²) in [5.41, 5.74) is 0.761. The van der Waals surface area contributed by atoms with Gasteiger partial charge in [0.15, 0.2) is 5.76 Å². The van der Waals surface area contributed by atoms with Crippen molar-refractivity contribution in [3.63, 3.8) is 0 Å². The van der Waals surface area contributed by atoms with Crippen LogP contribution in [0.2, 0.25) is 5.02 Å². The third-order valence-electron chi connectivity index (χ3n) is 3.64. The van der Waals surface area contributed by atoms with Crippen molar-refractivity contribution >= 4 is 17.5 Å². The van der Waals surface area contributed by atoms with Crippen molar-refractivity contribution in [1.29, 1.82) is 0 Å². The molecule has 1 saturated heterocycles. The lowest BCUT2D eigenvalue weighted by atomic mass is 10.1. The van der Waals surface area contributed by atoms with Crippen LogP contribution in [0, 0.1) is 0 Å². The molecule has 4 nitrogen and oxygen atoms in total. The van der Waals surface area contributed by atoms with E-state index in [2.05, 4.69) is 0 Å². The van der Waals surface area contributed by atoms with Gasteiger partial charge in [0.25, 0.3) is 5.91 Å². The normalized spacial score (nSPS) is 18.8. The van der Waals surface area contributed by atoms with Crippen molar-refractivity contribution in [2.75, 3.05) is 13.1 Å². The summed E-state index contributed by atoms with van der Waals surface area (Å²) in [6, 6.07) is 10.7. The van der Waals surface area contributed by atoms with E-state index >= 15 is 0 Å². The molecule has 1 atom stereocenters. The Morgan fingerprint density at radius 3 is 2.86 bits per heavy atom. The molecule has 0 aliphatic carbocycles. The first-order valence-electron chi connectivity index (χ1n) is 6.97. The molecule has 1 fully saturated rings. The monoisotopic (exact) mass is 305 g/mol. The van der Waals surface area contributed by atoms with Crippen LogP contribution in [0.1, 0.15) is 23.4 Å². The first-order chi connectivity index (χ1) is 10.1. The van der Waals surface area contributed by atoms with E-state index in [1.54, 1.807) is 23.1 Å². The van der Waals surface area contributed by atoms with Gasteiger partial charge in [-0.1, -0.05) is 23.7 Å². The molecule has 1 amide bonds. The van der Waals surface area contributed by atoms with E-state index in [1.807, 2.05) is 18.2 Å². The largest absolute Gasteiger partial charge is 0.451 e. The van der Waals surface area contributed by atoms with Crippen LogP contribution in [0.3, 0.4) is 0 Å². The predicted molar refractivity (Wildman–Crippen MR) is 80.3 cm³/mol. The standard InChI is InChI=1S/C16H16ClNO3/c17-13-6-2-1-5-12(13)14-7-8-15(21-14)16(20)18-9-3-4-11(19)10-18/h1-2,5-8,11,19H,3-4,9-10H2. The molecule has 0 radical (unpaired) electrons. The van der Waals surface area contributed by atoms with Crippen LogP contribution < -0.4 is 0 Å². The molecule has 0 saturated carbocycles. The number of rotatable bonds is 2. The molecule has 1 aliphatic rings. The summed E-state index contributed by atoms with van der Waals surface area (Å²) in [4.78, 5) is 14.0. The minimum absolute atomic E-state index is 0.188. The maximum atomic E-state index is 12.4. The number of carbonyl (C=O) groups is 1. The predicted octanol–water partition coefficient (Wildman–Crippen LogP) is 3.20. The molecule has 0 spiro atoms. The lowest BCUT2D eigenvalue weighted by Gasteiger charge is -2.29. The van der Waals surface area contributed by atoms with Crippen LogP contribution in [0.25, 0.3) is 11.3 Å². The number of hydrogen-bond acceptors (Lipinski definition) is 3. The van der Waals surface area contributed by atoms with Gasteiger partial charge in [-0.15, -0.1) is 0 Å². The third-order valence-corrected chi connectivity index (χ3v) is 3.97. The second kappa shape index (κ2) is 5.92. The molecule has 1 aliphatic heterocycles. The highest BCUT2D eigenvalue weighted by Crippen LogP contribution is 2.29. The molecule has 1 unspecified atom stereocenters. The summed E-state index contributed by atoms with van der Waals surface area (Å²) in [5.74, 6) is 0.660. The van der Waals surface area contributed by atoms with E-state index in [9.17, 15) is 9.90 Å². The highest BCUT2D eigenvalue weighted by Gasteiger charge is 2.25. The maximum Gasteiger partial charge on any atom is 0.289 e. The fraction of sp³-hybridized carbons (Fsp3) is 0.312. The summed E-state index contributed by atoms with van der Waals surface area (Å²) < 4.78 is 5.64. The van der Waals surface area contributed by atoms with Crippen LogP contribution in [0.5, 0.6) is 0 Å². The van der Waals surface area contributed by atoms with Gasteiger partial charge >= 0.3 is 0 Å². The van der Waals surface area contributed by atoms with Crippen LogP contribution >= 0.6 is 11.6 Å². The fourth-order valence-electron chi connectivity index (χ4n) is 2.55. The topological polar surface area (TPSA) is 53.7 Å². The summed E-state index contributed by atoms with van der Waals surface area (Å²) in [6.45, 7) is 1.01. The minimum atomic E-state index is -0.444. The number of hydrogen-bond donors (Lipinski definition) is 1. The summed E-state index contributed by atoms with van der Waals surface area (Å²) in [7, 11) is 0. The van der Waals surface area contributed by atoms with Crippen molar-refractivity contribution in [2.24, 2.45) is 0 Å². The zero-order chi connectivity index (χ0) is 14.8. The second-order valence-corrected chi connectivity index (χ2v) is 5.60.